The van der Waals surface area contributed by atoms with Gasteiger partial charge in [-0.2, -0.15) is 9.61 Å². The van der Waals surface area contributed by atoms with Crippen LogP contribution in [0.1, 0.15) is 23.4 Å². The minimum Gasteiger partial charge on any atom is -0.459 e. The molecule has 0 fully saturated rings. The Bertz CT molecular complexity index is 1160. The van der Waals surface area contributed by atoms with Crippen molar-refractivity contribution in [2.75, 3.05) is 18.4 Å². The Morgan fingerprint density at radius 1 is 1.17 bits per heavy atom. The summed E-state index contributed by atoms with van der Waals surface area (Å²) in [4.78, 5) is 16.6. The number of carbonyl (C=O) groups excluding carboxylic acids is 1. The topological polar surface area (TPSA) is 84.5 Å². The molecular weight excluding hydrogens is 470 g/mol. The highest BCUT2D eigenvalue weighted by molar-refractivity contribution is 9.10. The molecule has 1 amide bonds. The molecule has 154 valence electrons. The third-order valence-corrected chi connectivity index (χ3v) is 5.41. The molecule has 30 heavy (non-hydrogen) atoms. The lowest BCUT2D eigenvalue weighted by atomic mass is 10.1. The summed E-state index contributed by atoms with van der Waals surface area (Å²) in [5.41, 5.74) is 2.33. The summed E-state index contributed by atoms with van der Waals surface area (Å²) >= 11 is 9.87. The maximum absolute atomic E-state index is 11.9. The lowest BCUT2D eigenvalue weighted by Crippen LogP contribution is -2.24. The summed E-state index contributed by atoms with van der Waals surface area (Å²) in [6, 6.07) is 12.9. The summed E-state index contributed by atoms with van der Waals surface area (Å²) in [6.07, 6.45) is 4.90. The van der Waals surface area contributed by atoms with Crippen LogP contribution in [0.2, 0.25) is 5.02 Å². The predicted octanol–water partition coefficient (Wildman–Crippen LogP) is 5.03. The number of unbranched alkanes of at least 4 members (excludes halogenated alkanes) is 1. The number of amides is 1. The van der Waals surface area contributed by atoms with E-state index >= 15 is 0 Å². The van der Waals surface area contributed by atoms with Crippen LogP contribution in [-0.4, -0.2) is 33.6 Å². The highest BCUT2D eigenvalue weighted by Crippen LogP contribution is 2.30. The van der Waals surface area contributed by atoms with Crippen molar-refractivity contribution in [1.82, 2.24) is 19.9 Å². The first kappa shape index (κ1) is 20.4. The molecule has 4 rings (SSSR count). The van der Waals surface area contributed by atoms with Crippen molar-refractivity contribution >= 4 is 44.9 Å². The Hall–Kier alpha value is -2.84. The second-order valence-corrected chi connectivity index (χ2v) is 7.86. The molecule has 1 aromatic carbocycles. The van der Waals surface area contributed by atoms with Gasteiger partial charge in [0.05, 0.1) is 22.6 Å². The zero-order valence-corrected chi connectivity index (χ0v) is 18.3. The van der Waals surface area contributed by atoms with E-state index in [2.05, 4.69) is 31.7 Å². The van der Waals surface area contributed by atoms with Gasteiger partial charge in [0.25, 0.3) is 5.91 Å². The molecule has 3 aromatic heterocycles. The lowest BCUT2D eigenvalue weighted by Gasteiger charge is -2.11. The van der Waals surface area contributed by atoms with Crippen LogP contribution in [0.4, 0.5) is 5.82 Å². The van der Waals surface area contributed by atoms with E-state index in [9.17, 15) is 4.79 Å². The molecule has 0 aliphatic heterocycles. The van der Waals surface area contributed by atoms with E-state index in [-0.39, 0.29) is 5.91 Å². The van der Waals surface area contributed by atoms with E-state index in [0.29, 0.717) is 23.0 Å². The van der Waals surface area contributed by atoms with Crippen LogP contribution < -0.4 is 10.6 Å². The number of fused-ring (bicyclic) bond motifs is 1. The van der Waals surface area contributed by atoms with E-state index in [1.54, 1.807) is 22.8 Å². The smallest absolute Gasteiger partial charge is 0.286 e. The third-order valence-electron chi connectivity index (χ3n) is 4.52. The van der Waals surface area contributed by atoms with Gasteiger partial charge in [0.2, 0.25) is 0 Å². The summed E-state index contributed by atoms with van der Waals surface area (Å²) in [7, 11) is 0. The van der Waals surface area contributed by atoms with Crippen LogP contribution in [0, 0.1) is 0 Å². The number of halogens is 2. The van der Waals surface area contributed by atoms with Crippen LogP contribution in [0.5, 0.6) is 0 Å². The molecule has 0 saturated heterocycles. The Kier molecular flexibility index (Phi) is 6.35. The van der Waals surface area contributed by atoms with Crippen LogP contribution in [0.25, 0.3) is 16.9 Å². The van der Waals surface area contributed by atoms with E-state index in [1.807, 2.05) is 30.3 Å². The zero-order chi connectivity index (χ0) is 20.9. The Morgan fingerprint density at radius 2 is 2.00 bits per heavy atom. The Balaban J connectivity index is 1.40. The maximum atomic E-state index is 11.9. The largest absolute Gasteiger partial charge is 0.459 e. The summed E-state index contributed by atoms with van der Waals surface area (Å²) in [5.74, 6) is 0.943. The van der Waals surface area contributed by atoms with Gasteiger partial charge in [-0.15, -0.1) is 0 Å². The molecule has 0 aliphatic rings. The van der Waals surface area contributed by atoms with Gasteiger partial charge in [0, 0.05) is 29.7 Å². The van der Waals surface area contributed by atoms with Crippen molar-refractivity contribution in [3.05, 3.63) is 70.2 Å². The number of benzene rings is 1. The van der Waals surface area contributed by atoms with Crippen LogP contribution in [-0.2, 0) is 0 Å². The average molecular weight is 489 g/mol. The fourth-order valence-electron chi connectivity index (χ4n) is 3.03. The maximum Gasteiger partial charge on any atom is 0.286 e. The Morgan fingerprint density at radius 3 is 2.80 bits per heavy atom. The standard InChI is InChI=1S/C21H19BrClN5O2/c22-15-13-26-28-19(12-17(27-20(15)28)14-6-1-2-7-16(14)23)24-9-3-4-10-25-21(29)18-8-5-11-30-18/h1-2,5-8,11-13,24H,3-4,9-10H2,(H,25,29). The van der Waals surface area contributed by atoms with Gasteiger partial charge in [-0.05, 0) is 47.0 Å². The Labute approximate surface area is 186 Å². The SMILES string of the molecule is O=C(NCCCCNc1cc(-c2ccccc2Cl)nc2c(Br)cnn12)c1ccco1. The zero-order valence-electron chi connectivity index (χ0n) is 15.9. The minimum atomic E-state index is -0.199. The number of anilines is 1. The molecule has 0 aliphatic carbocycles. The molecule has 9 heteroatoms. The molecule has 4 aromatic rings. The third kappa shape index (κ3) is 4.49. The first-order valence-corrected chi connectivity index (χ1v) is 10.7. The summed E-state index contributed by atoms with van der Waals surface area (Å²) in [6.45, 7) is 1.29. The molecule has 0 atom stereocenters. The van der Waals surface area contributed by atoms with E-state index in [0.717, 1.165) is 40.9 Å². The van der Waals surface area contributed by atoms with Crippen molar-refractivity contribution in [3.63, 3.8) is 0 Å². The van der Waals surface area contributed by atoms with Gasteiger partial charge in [-0.3, -0.25) is 4.79 Å². The highest BCUT2D eigenvalue weighted by Gasteiger charge is 2.13. The quantitative estimate of drug-likeness (QED) is 0.340. The molecule has 0 radical (unpaired) electrons. The minimum absolute atomic E-state index is 0.199. The summed E-state index contributed by atoms with van der Waals surface area (Å²) < 4.78 is 7.64. The highest BCUT2D eigenvalue weighted by atomic mass is 79.9. The molecule has 0 unspecified atom stereocenters. The van der Waals surface area contributed by atoms with Crippen molar-refractivity contribution in [2.45, 2.75) is 12.8 Å². The number of carbonyl (C=O) groups is 1. The average Bonchev–Trinajstić information content (AvgIpc) is 3.41. The number of aromatic nitrogens is 3. The normalized spacial score (nSPS) is 11.0. The second kappa shape index (κ2) is 9.32. The van der Waals surface area contributed by atoms with Crippen LogP contribution in [0.15, 0.2) is 63.8 Å². The van der Waals surface area contributed by atoms with E-state index < -0.39 is 0 Å². The van der Waals surface area contributed by atoms with Gasteiger partial charge >= 0.3 is 0 Å². The van der Waals surface area contributed by atoms with Crippen LogP contribution in [0.3, 0.4) is 0 Å². The predicted molar refractivity (Wildman–Crippen MR) is 120 cm³/mol. The fraction of sp³-hybridized carbons (Fsp3) is 0.190. The first-order chi connectivity index (χ1) is 14.6. The first-order valence-electron chi connectivity index (χ1n) is 9.48. The lowest BCUT2D eigenvalue weighted by molar-refractivity contribution is 0.0925. The molecule has 3 heterocycles. The second-order valence-electron chi connectivity index (χ2n) is 6.60. The monoisotopic (exact) mass is 487 g/mol. The molecule has 7 nitrogen and oxygen atoms in total. The van der Waals surface area contributed by atoms with Crippen molar-refractivity contribution in [1.29, 1.82) is 0 Å². The van der Waals surface area contributed by atoms with Gasteiger partial charge in [-0.25, -0.2) is 4.98 Å². The molecule has 0 saturated carbocycles. The molecule has 0 bridgehead atoms. The van der Waals surface area contributed by atoms with Crippen molar-refractivity contribution in [2.24, 2.45) is 0 Å². The van der Waals surface area contributed by atoms with Crippen molar-refractivity contribution in [3.8, 4) is 11.3 Å². The van der Waals surface area contributed by atoms with Gasteiger partial charge in [-0.1, -0.05) is 29.8 Å². The van der Waals surface area contributed by atoms with Crippen LogP contribution >= 0.6 is 27.5 Å². The number of hydrogen-bond donors (Lipinski definition) is 2. The number of nitrogens with zero attached hydrogens (tertiary/aromatic N) is 3. The number of furan rings is 1. The fourth-order valence-corrected chi connectivity index (χ4v) is 3.61. The van der Waals surface area contributed by atoms with E-state index in [1.165, 1.54) is 6.26 Å². The van der Waals surface area contributed by atoms with Gasteiger partial charge < -0.3 is 15.1 Å². The van der Waals surface area contributed by atoms with Crippen molar-refractivity contribution < 1.29 is 9.21 Å². The molecule has 0 spiro atoms. The van der Waals surface area contributed by atoms with E-state index in [4.69, 9.17) is 21.0 Å². The number of hydrogen-bond acceptors (Lipinski definition) is 5. The van der Waals surface area contributed by atoms with Gasteiger partial charge in [0.1, 0.15) is 5.82 Å². The molecular formula is C21H19BrClN5O2. The number of nitrogens with one attached hydrogen (secondary N) is 2. The molecule has 2 N–H and O–H groups in total. The van der Waals surface area contributed by atoms with Gasteiger partial charge in [0.15, 0.2) is 11.4 Å². The summed E-state index contributed by atoms with van der Waals surface area (Å²) in [5, 5.41) is 11.3. The number of rotatable bonds is 8.